The molecule has 0 radical (unpaired) electrons. The normalized spacial score (nSPS) is 20.4. The number of aryl methyl sites for hydroxylation is 1. The second-order valence-corrected chi connectivity index (χ2v) is 8.55. The molecule has 1 saturated heterocycles. The fourth-order valence-electron chi connectivity index (χ4n) is 4.26. The number of rotatable bonds is 2. The highest BCUT2D eigenvalue weighted by Gasteiger charge is 2.26. The fourth-order valence-corrected chi connectivity index (χ4v) is 5.61. The van der Waals surface area contributed by atoms with Gasteiger partial charge in [0.25, 0.3) is 0 Å². The van der Waals surface area contributed by atoms with Gasteiger partial charge in [0.05, 0.1) is 5.39 Å². The van der Waals surface area contributed by atoms with Crippen molar-refractivity contribution in [3.8, 4) is 0 Å². The number of hydrogen-bond acceptors (Lipinski definition) is 5. The molecular formula is C20H24N5S+. The van der Waals surface area contributed by atoms with Crippen LogP contribution in [0, 0.1) is 5.92 Å². The van der Waals surface area contributed by atoms with Crippen LogP contribution in [0.3, 0.4) is 0 Å². The van der Waals surface area contributed by atoms with Gasteiger partial charge in [-0.05, 0) is 30.7 Å². The molecule has 3 aromatic heterocycles. The van der Waals surface area contributed by atoms with Crippen LogP contribution in [0.2, 0.25) is 0 Å². The van der Waals surface area contributed by atoms with E-state index >= 15 is 0 Å². The number of nitrogens with zero attached hydrogens (tertiary/aromatic N) is 4. The maximum absolute atomic E-state index is 4.73. The summed E-state index contributed by atoms with van der Waals surface area (Å²) in [4.78, 5) is 20.1. The summed E-state index contributed by atoms with van der Waals surface area (Å²) in [7, 11) is 0. The Kier molecular flexibility index (Phi) is 4.00. The van der Waals surface area contributed by atoms with E-state index in [1.54, 1.807) is 11.2 Å². The molecule has 2 aliphatic rings. The van der Waals surface area contributed by atoms with Crippen LogP contribution in [-0.4, -0.2) is 36.1 Å². The van der Waals surface area contributed by atoms with Crippen molar-refractivity contribution in [3.05, 3.63) is 41.3 Å². The standard InChI is InChI=1S/C20H23N5S/c1-14-2-3-16-17(12-14)26-20-18(16)19(22-13-23-20)25-10-8-24(9-11-25)15-4-6-21-7-5-15/h4-7,13-14H,2-3,8-12H2,1H3/p+1/t14-/m1/s1. The summed E-state index contributed by atoms with van der Waals surface area (Å²) in [6.45, 7) is 6.43. The molecular weight excluding hydrogens is 342 g/mol. The monoisotopic (exact) mass is 366 g/mol. The van der Waals surface area contributed by atoms with Crippen LogP contribution >= 0.6 is 11.3 Å². The average Bonchev–Trinajstić information content (AvgIpc) is 3.06. The molecule has 4 heterocycles. The number of aromatic nitrogens is 3. The molecule has 0 saturated carbocycles. The van der Waals surface area contributed by atoms with Crippen LogP contribution in [0.1, 0.15) is 23.8 Å². The topological polar surface area (TPSA) is 46.4 Å². The van der Waals surface area contributed by atoms with E-state index in [4.69, 9.17) is 4.98 Å². The summed E-state index contributed by atoms with van der Waals surface area (Å²) >= 11 is 1.89. The molecule has 26 heavy (non-hydrogen) atoms. The molecule has 1 N–H and O–H groups in total. The molecule has 5 rings (SSSR count). The van der Waals surface area contributed by atoms with Crippen molar-refractivity contribution < 1.29 is 4.98 Å². The zero-order chi connectivity index (χ0) is 17.5. The summed E-state index contributed by atoms with van der Waals surface area (Å²) < 4.78 is 0. The molecule has 0 spiro atoms. The Balaban J connectivity index is 1.43. The molecule has 3 aromatic rings. The minimum atomic E-state index is 0.790. The van der Waals surface area contributed by atoms with Crippen molar-refractivity contribution in [1.29, 1.82) is 0 Å². The number of hydrogen-bond donors (Lipinski definition) is 0. The van der Waals surface area contributed by atoms with Crippen molar-refractivity contribution in [2.45, 2.75) is 26.2 Å². The van der Waals surface area contributed by atoms with Crippen LogP contribution < -0.4 is 14.8 Å². The predicted molar refractivity (Wildman–Crippen MR) is 106 cm³/mol. The van der Waals surface area contributed by atoms with Gasteiger partial charge in [0.1, 0.15) is 17.0 Å². The molecule has 0 aromatic carbocycles. The Morgan fingerprint density at radius 2 is 1.85 bits per heavy atom. The Morgan fingerprint density at radius 3 is 2.65 bits per heavy atom. The van der Waals surface area contributed by atoms with E-state index in [0.29, 0.717) is 0 Å². The highest BCUT2D eigenvalue weighted by atomic mass is 32.1. The van der Waals surface area contributed by atoms with Gasteiger partial charge >= 0.3 is 0 Å². The van der Waals surface area contributed by atoms with E-state index in [2.05, 4.69) is 38.8 Å². The smallest absolute Gasteiger partial charge is 0.169 e. The Hall–Kier alpha value is -2.21. The number of aromatic amines is 1. The summed E-state index contributed by atoms with van der Waals surface area (Å²) in [6, 6.07) is 4.30. The number of pyridine rings is 1. The summed E-state index contributed by atoms with van der Waals surface area (Å²) in [6.07, 6.45) is 9.41. The minimum absolute atomic E-state index is 0.790. The van der Waals surface area contributed by atoms with Gasteiger partial charge in [-0.1, -0.05) is 6.92 Å². The van der Waals surface area contributed by atoms with Crippen LogP contribution in [0.25, 0.3) is 10.2 Å². The van der Waals surface area contributed by atoms with Crippen molar-refractivity contribution in [2.75, 3.05) is 36.0 Å². The quantitative estimate of drug-likeness (QED) is 0.700. The van der Waals surface area contributed by atoms with E-state index in [1.807, 2.05) is 23.7 Å². The minimum Gasteiger partial charge on any atom is -0.368 e. The van der Waals surface area contributed by atoms with Gasteiger partial charge in [0.15, 0.2) is 12.4 Å². The lowest BCUT2D eigenvalue weighted by Crippen LogP contribution is -2.47. The highest BCUT2D eigenvalue weighted by molar-refractivity contribution is 7.19. The predicted octanol–water partition coefficient (Wildman–Crippen LogP) is 2.96. The van der Waals surface area contributed by atoms with Gasteiger partial charge in [0.2, 0.25) is 0 Å². The first kappa shape index (κ1) is 16.0. The van der Waals surface area contributed by atoms with Crippen molar-refractivity contribution in [2.24, 2.45) is 5.92 Å². The lowest BCUT2D eigenvalue weighted by atomic mass is 9.89. The van der Waals surface area contributed by atoms with Gasteiger partial charge < -0.3 is 9.80 Å². The first-order valence-corrected chi connectivity index (χ1v) is 10.3. The number of fused-ring (bicyclic) bond motifs is 3. The third-order valence-corrected chi connectivity index (χ3v) is 6.88. The molecule has 1 atom stereocenters. The molecule has 134 valence electrons. The summed E-state index contributed by atoms with van der Waals surface area (Å²) in [5, 5.41) is 1.34. The highest BCUT2D eigenvalue weighted by Crippen LogP contribution is 2.40. The molecule has 0 unspecified atom stereocenters. The lowest BCUT2D eigenvalue weighted by Gasteiger charge is -2.36. The largest absolute Gasteiger partial charge is 0.368 e. The molecule has 5 nitrogen and oxygen atoms in total. The maximum atomic E-state index is 4.73. The van der Waals surface area contributed by atoms with E-state index in [9.17, 15) is 0 Å². The Bertz CT molecular complexity index is 915. The van der Waals surface area contributed by atoms with Crippen molar-refractivity contribution in [1.82, 2.24) is 9.97 Å². The van der Waals surface area contributed by atoms with E-state index in [-0.39, 0.29) is 0 Å². The maximum Gasteiger partial charge on any atom is 0.169 e. The van der Waals surface area contributed by atoms with Crippen molar-refractivity contribution in [3.63, 3.8) is 0 Å². The Morgan fingerprint density at radius 1 is 1.08 bits per heavy atom. The fraction of sp³-hybridized carbons (Fsp3) is 0.450. The first-order chi connectivity index (χ1) is 12.8. The van der Waals surface area contributed by atoms with Crippen LogP contribution in [0.5, 0.6) is 0 Å². The van der Waals surface area contributed by atoms with Gasteiger partial charge in [-0.3, -0.25) is 0 Å². The summed E-state index contributed by atoms with van der Waals surface area (Å²) in [5.41, 5.74) is 2.82. The van der Waals surface area contributed by atoms with Crippen LogP contribution in [0.4, 0.5) is 11.5 Å². The van der Waals surface area contributed by atoms with E-state index in [1.165, 1.54) is 40.7 Å². The molecule has 0 bridgehead atoms. The number of nitrogens with one attached hydrogen (secondary N) is 1. The Labute approximate surface area is 157 Å². The van der Waals surface area contributed by atoms with Crippen LogP contribution in [-0.2, 0) is 12.8 Å². The molecule has 1 aliphatic heterocycles. The summed E-state index contributed by atoms with van der Waals surface area (Å²) in [5.74, 6) is 1.95. The third-order valence-electron chi connectivity index (χ3n) is 5.72. The van der Waals surface area contributed by atoms with Gasteiger partial charge in [-0.25, -0.2) is 15.0 Å². The number of thiophene rings is 1. The zero-order valence-electron chi connectivity index (χ0n) is 15.1. The number of anilines is 2. The van der Waals surface area contributed by atoms with Gasteiger partial charge in [-0.2, -0.15) is 0 Å². The van der Waals surface area contributed by atoms with E-state index < -0.39 is 0 Å². The molecule has 1 fully saturated rings. The SMILES string of the molecule is C[C@@H]1CCc2c(sc3ncnc(N4CCN(c5cc[nH+]cc5)CC4)c23)C1. The average molecular weight is 367 g/mol. The third kappa shape index (κ3) is 2.72. The number of piperazine rings is 1. The number of H-pyrrole nitrogens is 1. The molecule has 6 heteroatoms. The first-order valence-electron chi connectivity index (χ1n) is 9.51. The van der Waals surface area contributed by atoms with Gasteiger partial charge in [-0.15, -0.1) is 11.3 Å². The van der Waals surface area contributed by atoms with Crippen molar-refractivity contribution >= 4 is 33.1 Å². The van der Waals surface area contributed by atoms with E-state index in [0.717, 1.165) is 37.9 Å². The zero-order valence-corrected chi connectivity index (χ0v) is 15.9. The lowest BCUT2D eigenvalue weighted by molar-refractivity contribution is -0.377. The second kappa shape index (κ2) is 6.50. The van der Waals surface area contributed by atoms with Crippen LogP contribution in [0.15, 0.2) is 30.9 Å². The second-order valence-electron chi connectivity index (χ2n) is 7.46. The molecule has 1 aliphatic carbocycles. The van der Waals surface area contributed by atoms with Gasteiger partial charge in [0, 0.05) is 48.9 Å². The molecule has 0 amide bonds.